The van der Waals surface area contributed by atoms with Crippen LogP contribution in [-0.4, -0.2) is 30.0 Å². The topological polar surface area (TPSA) is 46.5 Å². The Morgan fingerprint density at radius 3 is 2.58 bits per heavy atom. The van der Waals surface area contributed by atoms with Crippen LogP contribution in [0.25, 0.3) is 0 Å². The van der Waals surface area contributed by atoms with Gasteiger partial charge in [0.25, 0.3) is 0 Å². The molecule has 0 radical (unpaired) electrons. The highest BCUT2D eigenvalue weighted by molar-refractivity contribution is 5.89. The Labute approximate surface area is 180 Å². The maximum atomic E-state index is 13.7. The number of carbonyl (C=O) groups is 1. The number of ether oxygens (including phenoxy) is 1. The third-order valence-corrected chi connectivity index (χ3v) is 7.30. The Balaban J connectivity index is 1.82. The predicted molar refractivity (Wildman–Crippen MR) is 111 cm³/mol. The van der Waals surface area contributed by atoms with Gasteiger partial charge in [0.05, 0.1) is 12.7 Å². The van der Waals surface area contributed by atoms with Gasteiger partial charge in [0.15, 0.2) is 5.60 Å². The number of alkyl halides is 3. The van der Waals surface area contributed by atoms with E-state index >= 15 is 0 Å². The number of esters is 1. The van der Waals surface area contributed by atoms with Crippen LogP contribution in [0.4, 0.5) is 13.2 Å². The molecule has 31 heavy (non-hydrogen) atoms. The second-order valence-corrected chi connectivity index (χ2v) is 9.00. The summed E-state index contributed by atoms with van der Waals surface area (Å²) < 4.78 is 46.0. The minimum Gasteiger partial charge on any atom is -0.465 e. The number of aliphatic hydroxyl groups is 1. The molecule has 2 aliphatic carbocycles. The molecule has 166 valence electrons. The lowest BCUT2D eigenvalue weighted by atomic mass is 9.56. The first kappa shape index (κ1) is 21.9. The molecule has 0 spiro atoms. The standard InChI is InChI=1S/C25H27F3O3/c1-31-22(29)19-10-11-21-18(14-19)8-5-9-20-16-24(30,25(26,27)28)13-12-23(20,21)15-17-6-3-2-4-7-17/h2-4,6-7,10-11,14,20,30H,5,8-9,12-13,15-16H2,1H3. The highest BCUT2D eigenvalue weighted by Gasteiger charge is 2.60. The van der Waals surface area contributed by atoms with Crippen LogP contribution in [0, 0.1) is 5.92 Å². The van der Waals surface area contributed by atoms with Crippen LogP contribution in [0.3, 0.4) is 0 Å². The van der Waals surface area contributed by atoms with Crippen LogP contribution >= 0.6 is 0 Å². The molecular formula is C25H27F3O3. The number of halogens is 3. The molecular weight excluding hydrogens is 405 g/mol. The molecule has 0 aromatic heterocycles. The third kappa shape index (κ3) is 3.86. The number of methoxy groups -OCH3 is 1. The predicted octanol–water partition coefficient (Wildman–Crippen LogP) is 5.38. The second-order valence-electron chi connectivity index (χ2n) is 9.00. The lowest BCUT2D eigenvalue weighted by Crippen LogP contribution is -2.55. The van der Waals surface area contributed by atoms with E-state index in [0.29, 0.717) is 31.2 Å². The summed E-state index contributed by atoms with van der Waals surface area (Å²) in [4.78, 5) is 12.1. The highest BCUT2D eigenvalue weighted by atomic mass is 19.4. The Kier molecular flexibility index (Phi) is 5.63. The lowest BCUT2D eigenvalue weighted by molar-refractivity contribution is -0.279. The molecule has 3 atom stereocenters. The van der Waals surface area contributed by atoms with Crippen LogP contribution < -0.4 is 0 Å². The van der Waals surface area contributed by atoms with E-state index in [1.807, 2.05) is 42.5 Å². The molecule has 1 fully saturated rings. The monoisotopic (exact) mass is 432 g/mol. The summed E-state index contributed by atoms with van der Waals surface area (Å²) in [6, 6.07) is 15.3. The number of hydrogen-bond acceptors (Lipinski definition) is 3. The molecule has 3 unspecified atom stereocenters. The third-order valence-electron chi connectivity index (χ3n) is 7.30. The summed E-state index contributed by atoms with van der Waals surface area (Å²) in [5, 5.41) is 10.5. The average molecular weight is 432 g/mol. The van der Waals surface area contributed by atoms with Crippen LogP contribution in [0.1, 0.15) is 59.2 Å². The maximum absolute atomic E-state index is 13.7. The first-order chi connectivity index (χ1) is 14.7. The molecule has 1 N–H and O–H groups in total. The van der Waals surface area contributed by atoms with Gasteiger partial charge in [0.1, 0.15) is 0 Å². The van der Waals surface area contributed by atoms with Crippen molar-refractivity contribution < 1.29 is 27.8 Å². The zero-order chi connectivity index (χ0) is 22.3. The molecule has 6 heteroatoms. The quantitative estimate of drug-likeness (QED) is 0.662. The van der Waals surface area contributed by atoms with Crippen molar-refractivity contribution in [2.45, 2.75) is 62.1 Å². The maximum Gasteiger partial charge on any atom is 0.417 e. The zero-order valence-electron chi connectivity index (χ0n) is 17.5. The first-order valence-corrected chi connectivity index (χ1v) is 10.7. The number of carbonyl (C=O) groups excluding carboxylic acids is 1. The highest BCUT2D eigenvalue weighted by Crippen LogP contribution is 2.56. The van der Waals surface area contributed by atoms with Crippen molar-refractivity contribution in [2.75, 3.05) is 7.11 Å². The Morgan fingerprint density at radius 2 is 1.90 bits per heavy atom. The summed E-state index contributed by atoms with van der Waals surface area (Å²) in [5.74, 6) is -0.728. The molecule has 2 aromatic rings. The van der Waals surface area contributed by atoms with Crippen molar-refractivity contribution >= 4 is 5.97 Å². The van der Waals surface area contributed by atoms with E-state index in [0.717, 1.165) is 16.7 Å². The molecule has 4 rings (SSSR count). The fourth-order valence-corrected chi connectivity index (χ4v) is 5.69. The van der Waals surface area contributed by atoms with Gasteiger partial charge in [-0.2, -0.15) is 13.2 Å². The molecule has 0 aliphatic heterocycles. The van der Waals surface area contributed by atoms with E-state index in [2.05, 4.69) is 0 Å². The smallest absolute Gasteiger partial charge is 0.417 e. The van der Waals surface area contributed by atoms with Gasteiger partial charge >= 0.3 is 12.1 Å². The van der Waals surface area contributed by atoms with Crippen molar-refractivity contribution in [3.8, 4) is 0 Å². The summed E-state index contributed by atoms with van der Waals surface area (Å²) in [5.41, 5.74) is 0.370. The first-order valence-electron chi connectivity index (χ1n) is 10.7. The van der Waals surface area contributed by atoms with Gasteiger partial charge in [-0.05, 0) is 79.7 Å². The van der Waals surface area contributed by atoms with Gasteiger partial charge in [0, 0.05) is 5.41 Å². The molecule has 0 saturated heterocycles. The van der Waals surface area contributed by atoms with Crippen molar-refractivity contribution in [2.24, 2.45) is 5.92 Å². The van der Waals surface area contributed by atoms with E-state index in [1.165, 1.54) is 7.11 Å². The van der Waals surface area contributed by atoms with Gasteiger partial charge < -0.3 is 9.84 Å². The summed E-state index contributed by atoms with van der Waals surface area (Å²) in [7, 11) is 1.33. The van der Waals surface area contributed by atoms with Crippen molar-refractivity contribution in [3.63, 3.8) is 0 Å². The number of rotatable bonds is 3. The second kappa shape index (κ2) is 7.97. The van der Waals surface area contributed by atoms with Crippen molar-refractivity contribution in [1.29, 1.82) is 0 Å². The van der Waals surface area contributed by atoms with E-state index in [4.69, 9.17) is 4.74 Å². The normalized spacial score (nSPS) is 28.2. The average Bonchev–Trinajstić information content (AvgIpc) is 2.89. The Morgan fingerprint density at radius 1 is 1.16 bits per heavy atom. The van der Waals surface area contributed by atoms with Gasteiger partial charge in [0.2, 0.25) is 0 Å². The molecule has 2 aromatic carbocycles. The van der Waals surface area contributed by atoms with E-state index < -0.39 is 23.2 Å². The van der Waals surface area contributed by atoms with Crippen LogP contribution in [0.2, 0.25) is 0 Å². The van der Waals surface area contributed by atoms with Crippen LogP contribution in [0.5, 0.6) is 0 Å². The van der Waals surface area contributed by atoms with E-state index in [-0.39, 0.29) is 25.2 Å². The molecule has 0 heterocycles. The van der Waals surface area contributed by atoms with Gasteiger partial charge in [-0.25, -0.2) is 4.79 Å². The van der Waals surface area contributed by atoms with Crippen LogP contribution in [-0.2, 0) is 23.0 Å². The summed E-state index contributed by atoms with van der Waals surface area (Å²) >= 11 is 0. The molecule has 1 saturated carbocycles. The fraction of sp³-hybridized carbons (Fsp3) is 0.480. The Bertz CT molecular complexity index is 956. The van der Waals surface area contributed by atoms with Gasteiger partial charge in [-0.15, -0.1) is 0 Å². The lowest BCUT2D eigenvalue weighted by Gasteiger charge is -2.50. The minimum atomic E-state index is -4.64. The van der Waals surface area contributed by atoms with Crippen molar-refractivity contribution in [1.82, 2.24) is 0 Å². The number of aryl methyl sites for hydroxylation is 1. The largest absolute Gasteiger partial charge is 0.465 e. The van der Waals surface area contributed by atoms with Gasteiger partial charge in [-0.3, -0.25) is 0 Å². The minimum absolute atomic E-state index is 0.243. The molecule has 0 amide bonds. The van der Waals surface area contributed by atoms with E-state index in [1.54, 1.807) is 6.07 Å². The summed E-state index contributed by atoms with van der Waals surface area (Å²) in [6.45, 7) is 0. The SMILES string of the molecule is COC(=O)c1ccc2c(c1)CCCC1CC(O)(C(F)(F)F)CCC21Cc1ccccc1. The zero-order valence-corrected chi connectivity index (χ0v) is 17.5. The number of fused-ring (bicyclic) bond motifs is 3. The Hall–Kier alpha value is -2.34. The van der Waals surface area contributed by atoms with E-state index in [9.17, 15) is 23.1 Å². The fourth-order valence-electron chi connectivity index (χ4n) is 5.69. The number of hydrogen-bond donors (Lipinski definition) is 1. The molecule has 2 aliphatic rings. The van der Waals surface area contributed by atoms with Gasteiger partial charge in [-0.1, -0.05) is 36.4 Å². The molecule has 3 nitrogen and oxygen atoms in total. The van der Waals surface area contributed by atoms with Crippen LogP contribution in [0.15, 0.2) is 48.5 Å². The van der Waals surface area contributed by atoms with Crippen molar-refractivity contribution in [3.05, 3.63) is 70.8 Å². The molecule has 0 bridgehead atoms. The summed E-state index contributed by atoms with van der Waals surface area (Å²) in [6.07, 6.45) is -2.39. The number of benzene rings is 2.